The molecule has 1 aromatic heterocycles. The van der Waals surface area contributed by atoms with Crippen molar-refractivity contribution in [1.29, 1.82) is 0 Å². The number of aromatic nitrogens is 2. The van der Waals surface area contributed by atoms with Crippen molar-refractivity contribution in [1.82, 2.24) is 9.55 Å². The number of nitrogens with one attached hydrogen (secondary N) is 1. The lowest BCUT2D eigenvalue weighted by molar-refractivity contribution is -0.0553. The van der Waals surface area contributed by atoms with E-state index in [1.54, 1.807) is 0 Å². The average Bonchev–Trinajstić information content (AvgIpc) is 3.05. The van der Waals surface area contributed by atoms with Crippen molar-refractivity contribution < 1.29 is 20.1 Å². The van der Waals surface area contributed by atoms with Gasteiger partial charge in [-0.1, -0.05) is 66.4 Å². The van der Waals surface area contributed by atoms with Crippen molar-refractivity contribution in [3.63, 3.8) is 0 Å². The third-order valence-corrected chi connectivity index (χ3v) is 6.40. The molecule has 0 aliphatic carbocycles. The fourth-order valence-corrected chi connectivity index (χ4v) is 4.41. The van der Waals surface area contributed by atoms with Crippen LogP contribution >= 0.6 is 24.0 Å². The maximum atomic E-state index is 12.4. The molecule has 7 nitrogen and oxygen atoms in total. The standard InChI is InChI=1S/C21H20N2O5S2/c24-11-15-17(25)18(26)20(28-15)23-10-16(19(29)22-21(23)27)30-14-8-6-13(7-9-14)12-4-2-1-3-5-12/h1-10,15,17-18,20,24-26H,11H2,(H,22,27,29)/t15-,17?,18?,20-/m0/s1. The Balaban J connectivity index is 1.60. The third kappa shape index (κ3) is 4.13. The second-order valence-electron chi connectivity index (χ2n) is 6.88. The normalized spacial score (nSPS) is 23.6. The maximum Gasteiger partial charge on any atom is 0.328 e. The summed E-state index contributed by atoms with van der Waals surface area (Å²) in [4.78, 5) is 16.5. The van der Waals surface area contributed by atoms with Crippen molar-refractivity contribution in [2.45, 2.75) is 34.3 Å². The molecular weight excluding hydrogens is 424 g/mol. The Bertz CT molecular complexity index is 1130. The number of rotatable bonds is 5. The molecule has 1 saturated heterocycles. The van der Waals surface area contributed by atoms with E-state index >= 15 is 0 Å². The lowest BCUT2D eigenvalue weighted by Gasteiger charge is -2.18. The van der Waals surface area contributed by atoms with E-state index in [2.05, 4.69) is 4.98 Å². The Hall–Kier alpha value is -2.27. The Morgan fingerprint density at radius 2 is 1.70 bits per heavy atom. The molecule has 30 heavy (non-hydrogen) atoms. The minimum atomic E-state index is -1.35. The molecule has 1 aliphatic rings. The van der Waals surface area contributed by atoms with E-state index in [1.807, 2.05) is 54.6 Å². The van der Waals surface area contributed by atoms with Crippen LogP contribution in [0.5, 0.6) is 0 Å². The van der Waals surface area contributed by atoms with Gasteiger partial charge in [-0.15, -0.1) is 0 Å². The molecule has 4 atom stereocenters. The van der Waals surface area contributed by atoms with Crippen LogP contribution < -0.4 is 5.69 Å². The number of aliphatic hydroxyl groups excluding tert-OH is 3. The molecule has 1 aliphatic heterocycles. The number of H-pyrrole nitrogens is 1. The minimum Gasteiger partial charge on any atom is -0.394 e. The molecule has 0 amide bonds. The number of aromatic amines is 1. The minimum absolute atomic E-state index is 0.264. The van der Waals surface area contributed by atoms with Gasteiger partial charge in [-0.25, -0.2) is 4.79 Å². The van der Waals surface area contributed by atoms with Gasteiger partial charge in [0.15, 0.2) is 6.23 Å². The first-order chi connectivity index (χ1) is 14.5. The van der Waals surface area contributed by atoms with Crippen molar-refractivity contribution in [3.8, 4) is 11.1 Å². The lowest BCUT2D eigenvalue weighted by Crippen LogP contribution is -2.36. The highest BCUT2D eigenvalue weighted by Crippen LogP contribution is 2.32. The van der Waals surface area contributed by atoms with Gasteiger partial charge in [-0.2, -0.15) is 0 Å². The smallest absolute Gasteiger partial charge is 0.328 e. The summed E-state index contributed by atoms with van der Waals surface area (Å²) in [6.45, 7) is -0.471. The van der Waals surface area contributed by atoms with Crippen LogP contribution in [0, 0.1) is 4.64 Å². The first-order valence-corrected chi connectivity index (χ1v) is 10.5. The number of nitrogens with zero attached hydrogens (tertiary/aromatic N) is 1. The van der Waals surface area contributed by atoms with Crippen molar-refractivity contribution in [2.24, 2.45) is 0 Å². The van der Waals surface area contributed by atoms with Crippen LogP contribution in [-0.2, 0) is 4.74 Å². The second kappa shape index (κ2) is 8.84. The number of ether oxygens (including phenoxy) is 1. The topological polar surface area (TPSA) is 108 Å². The Kier molecular flexibility index (Phi) is 6.19. The fourth-order valence-electron chi connectivity index (χ4n) is 3.31. The Morgan fingerprint density at radius 1 is 1.03 bits per heavy atom. The predicted molar refractivity (Wildman–Crippen MR) is 115 cm³/mol. The zero-order valence-electron chi connectivity index (χ0n) is 15.7. The van der Waals surface area contributed by atoms with Crippen molar-refractivity contribution in [2.75, 3.05) is 6.61 Å². The molecule has 156 valence electrons. The molecule has 0 radical (unpaired) electrons. The summed E-state index contributed by atoms with van der Waals surface area (Å²) in [5.74, 6) is 0. The summed E-state index contributed by atoms with van der Waals surface area (Å²) in [5.41, 5.74) is 1.63. The monoisotopic (exact) mass is 444 g/mol. The van der Waals surface area contributed by atoms with E-state index < -0.39 is 36.8 Å². The van der Waals surface area contributed by atoms with E-state index in [4.69, 9.17) is 17.0 Å². The lowest BCUT2D eigenvalue weighted by atomic mass is 10.1. The van der Waals surface area contributed by atoms with E-state index in [-0.39, 0.29) is 4.64 Å². The van der Waals surface area contributed by atoms with Crippen LogP contribution in [0.15, 0.2) is 75.4 Å². The van der Waals surface area contributed by atoms with Crippen molar-refractivity contribution in [3.05, 3.63) is 75.9 Å². The largest absolute Gasteiger partial charge is 0.394 e. The van der Waals surface area contributed by atoms with Gasteiger partial charge in [0, 0.05) is 11.1 Å². The predicted octanol–water partition coefficient (Wildman–Crippen LogP) is 2.34. The van der Waals surface area contributed by atoms with Gasteiger partial charge >= 0.3 is 5.69 Å². The van der Waals surface area contributed by atoms with Gasteiger partial charge in [-0.3, -0.25) is 9.55 Å². The zero-order valence-corrected chi connectivity index (χ0v) is 17.3. The molecule has 0 saturated carbocycles. The summed E-state index contributed by atoms with van der Waals surface area (Å²) < 4.78 is 6.88. The highest BCUT2D eigenvalue weighted by atomic mass is 32.2. The van der Waals surface area contributed by atoms with E-state index in [1.165, 1.54) is 18.0 Å². The number of aliphatic hydroxyl groups is 3. The van der Waals surface area contributed by atoms with Gasteiger partial charge in [-0.05, 0) is 23.3 Å². The van der Waals surface area contributed by atoms with Crippen LogP contribution in [-0.4, -0.2) is 49.8 Å². The van der Waals surface area contributed by atoms with Crippen LogP contribution in [0.25, 0.3) is 11.1 Å². The molecule has 2 aromatic carbocycles. The first kappa shape index (κ1) is 21.0. The van der Waals surface area contributed by atoms with E-state index in [9.17, 15) is 20.1 Å². The van der Waals surface area contributed by atoms with Gasteiger partial charge in [0.2, 0.25) is 0 Å². The molecule has 0 spiro atoms. The summed E-state index contributed by atoms with van der Waals surface area (Å²) >= 11 is 6.66. The molecule has 3 aromatic rings. The zero-order chi connectivity index (χ0) is 21.3. The maximum absolute atomic E-state index is 12.4. The fraction of sp³-hybridized carbons (Fsp3) is 0.238. The molecule has 4 rings (SSSR count). The molecule has 0 bridgehead atoms. The molecule has 4 N–H and O–H groups in total. The second-order valence-corrected chi connectivity index (χ2v) is 8.40. The summed E-state index contributed by atoms with van der Waals surface area (Å²) in [6, 6.07) is 17.9. The van der Waals surface area contributed by atoms with E-state index in [0.29, 0.717) is 4.90 Å². The first-order valence-electron chi connectivity index (χ1n) is 9.29. The number of benzene rings is 2. The van der Waals surface area contributed by atoms with Crippen LogP contribution in [0.1, 0.15) is 6.23 Å². The molecule has 2 unspecified atom stereocenters. The Labute approximate surface area is 181 Å². The molecule has 9 heteroatoms. The third-order valence-electron chi connectivity index (χ3n) is 4.92. The Morgan fingerprint density at radius 3 is 2.33 bits per heavy atom. The number of hydrogen-bond acceptors (Lipinski definition) is 7. The van der Waals surface area contributed by atoms with E-state index in [0.717, 1.165) is 20.6 Å². The quantitative estimate of drug-likeness (QED) is 0.448. The summed E-state index contributed by atoms with van der Waals surface area (Å²) in [5, 5.41) is 29.5. The summed E-state index contributed by atoms with van der Waals surface area (Å²) in [6.07, 6.45) is -3.25. The highest BCUT2D eigenvalue weighted by molar-refractivity contribution is 7.99. The van der Waals surface area contributed by atoms with Crippen molar-refractivity contribution >= 4 is 24.0 Å². The van der Waals surface area contributed by atoms with Gasteiger partial charge in [0.05, 0.1) is 11.5 Å². The van der Waals surface area contributed by atoms with Gasteiger partial charge in [0.1, 0.15) is 23.0 Å². The highest BCUT2D eigenvalue weighted by Gasteiger charge is 2.43. The number of hydrogen-bond donors (Lipinski definition) is 4. The average molecular weight is 445 g/mol. The molecule has 2 heterocycles. The van der Waals surface area contributed by atoms with Crippen LogP contribution in [0.3, 0.4) is 0 Å². The molecular formula is C21H20N2O5S2. The SMILES string of the molecule is O=c1[nH]c(=S)c(Sc2ccc(-c3ccccc3)cc2)cn1[C@H]1O[C@@H](CO)C(O)C1O. The molecule has 1 fully saturated rings. The van der Waals surface area contributed by atoms with Crippen LogP contribution in [0.4, 0.5) is 0 Å². The summed E-state index contributed by atoms with van der Waals surface area (Å²) in [7, 11) is 0. The van der Waals surface area contributed by atoms with Gasteiger partial charge < -0.3 is 20.1 Å². The van der Waals surface area contributed by atoms with Crippen LogP contribution in [0.2, 0.25) is 0 Å². The van der Waals surface area contributed by atoms with Gasteiger partial charge in [0.25, 0.3) is 0 Å².